The Morgan fingerprint density at radius 1 is 0.321 bits per heavy atom. The molecule has 0 saturated heterocycles. The van der Waals surface area contributed by atoms with E-state index in [2.05, 4.69) is 154 Å². The SMILES string of the molecule is [C-]#[N+]c1c(-c2ccccc2)c(C#N)c(-n2c3c(-c4ccccc4-c4ccccc4)cccc3c3ccc4c5ccccc5oc4c32)c(-c2ccccc2)c1-n1c2c(ccc3c4ccccc4oc32)c2ccc3c4ccccc4oc3c21. The van der Waals surface area contributed by atoms with Gasteiger partial charge in [-0.2, -0.15) is 5.26 Å². The number of rotatable bonds is 6. The van der Waals surface area contributed by atoms with Crippen molar-refractivity contribution in [1.82, 2.24) is 9.13 Å². The molecule has 7 heteroatoms. The van der Waals surface area contributed by atoms with Crippen molar-refractivity contribution < 1.29 is 13.3 Å². The fourth-order valence-electron chi connectivity index (χ4n) is 13.3. The molecule has 0 fully saturated rings. The van der Waals surface area contributed by atoms with E-state index in [9.17, 15) is 11.8 Å². The highest BCUT2D eigenvalue weighted by molar-refractivity contribution is 6.29. The molecule has 17 aromatic rings. The molecule has 0 radical (unpaired) electrons. The molecule has 0 aliphatic carbocycles. The fraction of sp³-hybridized carbons (Fsp3) is 0. The first-order chi connectivity index (χ1) is 40.2. The van der Waals surface area contributed by atoms with Gasteiger partial charge in [0, 0.05) is 70.6 Å². The van der Waals surface area contributed by atoms with E-state index in [1.807, 2.05) is 109 Å². The summed E-state index contributed by atoms with van der Waals surface area (Å²) in [4.78, 5) is 4.68. The second-order valence-electron chi connectivity index (χ2n) is 20.7. The number of para-hydroxylation sites is 4. The maximum absolute atomic E-state index is 12.5. The van der Waals surface area contributed by atoms with E-state index < -0.39 is 0 Å². The molecule has 0 saturated carbocycles. The quantitative estimate of drug-likeness (QED) is 0.156. The van der Waals surface area contributed by atoms with Gasteiger partial charge in [-0.25, -0.2) is 4.85 Å². The minimum atomic E-state index is 0.296. The molecule has 81 heavy (non-hydrogen) atoms. The van der Waals surface area contributed by atoms with Crippen LogP contribution in [0, 0.1) is 17.9 Å². The van der Waals surface area contributed by atoms with Crippen LogP contribution in [0.3, 0.4) is 0 Å². The number of hydrogen-bond donors (Lipinski definition) is 0. The molecule has 0 aliphatic heterocycles. The number of nitrogens with zero attached hydrogens (tertiary/aromatic N) is 4. The molecule has 0 atom stereocenters. The largest absolute Gasteiger partial charge is 0.454 e. The Hall–Kier alpha value is -11.4. The molecule has 374 valence electrons. The number of aromatic nitrogens is 2. The highest BCUT2D eigenvalue weighted by Gasteiger charge is 2.35. The van der Waals surface area contributed by atoms with Crippen molar-refractivity contribution >= 4 is 115 Å². The van der Waals surface area contributed by atoms with E-state index in [0.29, 0.717) is 50.5 Å². The minimum Gasteiger partial charge on any atom is -0.454 e. The molecule has 0 N–H and O–H groups in total. The first kappa shape index (κ1) is 44.7. The van der Waals surface area contributed by atoms with Crippen molar-refractivity contribution in [3.05, 3.63) is 260 Å². The number of benzene rings is 12. The lowest BCUT2D eigenvalue weighted by atomic mass is 9.88. The van der Waals surface area contributed by atoms with E-state index in [1.165, 1.54) is 0 Å². The van der Waals surface area contributed by atoms with Gasteiger partial charge in [-0.15, -0.1) is 0 Å². The van der Waals surface area contributed by atoms with Crippen molar-refractivity contribution in [1.29, 1.82) is 5.26 Å². The molecular weight excluding hydrogens is 993 g/mol. The zero-order chi connectivity index (χ0) is 53.4. The third kappa shape index (κ3) is 6.20. The summed E-state index contributed by atoms with van der Waals surface area (Å²) in [7, 11) is 0. The van der Waals surface area contributed by atoms with Crippen LogP contribution in [0.1, 0.15) is 5.56 Å². The molecular formula is C74H40N4O3. The lowest BCUT2D eigenvalue weighted by molar-refractivity contribution is 0.669. The van der Waals surface area contributed by atoms with Gasteiger partial charge in [0.05, 0.1) is 45.6 Å². The van der Waals surface area contributed by atoms with Crippen molar-refractivity contribution in [2.24, 2.45) is 0 Å². The summed E-state index contributed by atoms with van der Waals surface area (Å²) in [6, 6.07) is 86.1. The first-order valence-corrected chi connectivity index (χ1v) is 27.0. The van der Waals surface area contributed by atoms with Crippen molar-refractivity contribution in [3.8, 4) is 62.0 Å². The average Bonchev–Trinajstić information content (AvgIpc) is 4.46. The van der Waals surface area contributed by atoms with E-state index in [-0.39, 0.29) is 0 Å². The molecule has 0 aliphatic rings. The number of furan rings is 3. The van der Waals surface area contributed by atoms with Crippen molar-refractivity contribution in [3.63, 3.8) is 0 Å². The molecule has 17 rings (SSSR count). The summed E-state index contributed by atoms with van der Waals surface area (Å²) in [5.41, 5.74) is 16.0. The second-order valence-corrected chi connectivity index (χ2v) is 20.7. The van der Waals surface area contributed by atoms with Gasteiger partial charge in [0.1, 0.15) is 22.8 Å². The number of fused-ring (bicyclic) bond motifs is 18. The van der Waals surface area contributed by atoms with Crippen LogP contribution in [0.15, 0.2) is 256 Å². The van der Waals surface area contributed by atoms with E-state index in [4.69, 9.17) is 13.3 Å². The van der Waals surface area contributed by atoms with Gasteiger partial charge >= 0.3 is 0 Å². The van der Waals surface area contributed by atoms with E-state index >= 15 is 0 Å². The number of hydrogen-bond acceptors (Lipinski definition) is 4. The van der Waals surface area contributed by atoms with Gasteiger partial charge in [0.25, 0.3) is 0 Å². The lowest BCUT2D eigenvalue weighted by Crippen LogP contribution is -2.09. The fourth-order valence-corrected chi connectivity index (χ4v) is 13.3. The van der Waals surface area contributed by atoms with Crippen LogP contribution < -0.4 is 0 Å². The highest BCUT2D eigenvalue weighted by atomic mass is 16.3. The van der Waals surface area contributed by atoms with Crippen LogP contribution in [0.2, 0.25) is 0 Å². The Morgan fingerprint density at radius 2 is 0.691 bits per heavy atom. The van der Waals surface area contributed by atoms with Crippen LogP contribution >= 0.6 is 0 Å². The maximum atomic E-state index is 12.5. The molecule has 0 bridgehead atoms. The summed E-state index contributed by atoms with van der Waals surface area (Å²) < 4.78 is 25.9. The molecule has 0 amide bonds. The predicted molar refractivity (Wildman–Crippen MR) is 330 cm³/mol. The van der Waals surface area contributed by atoms with Gasteiger partial charge in [0.15, 0.2) is 16.7 Å². The maximum Gasteiger partial charge on any atom is 0.220 e. The van der Waals surface area contributed by atoms with Gasteiger partial charge < -0.3 is 22.4 Å². The molecule has 5 heterocycles. The normalized spacial score (nSPS) is 11.9. The topological polar surface area (TPSA) is 77.4 Å². The summed E-state index contributed by atoms with van der Waals surface area (Å²) >= 11 is 0. The molecule has 5 aromatic heterocycles. The van der Waals surface area contributed by atoms with E-state index in [1.54, 1.807) is 0 Å². The minimum absolute atomic E-state index is 0.296. The molecule has 0 unspecified atom stereocenters. The monoisotopic (exact) mass is 1030 g/mol. The Bertz CT molecular complexity index is 5480. The highest BCUT2D eigenvalue weighted by Crippen LogP contribution is 2.55. The van der Waals surface area contributed by atoms with Crippen LogP contribution in [0.5, 0.6) is 0 Å². The van der Waals surface area contributed by atoms with Crippen LogP contribution in [0.25, 0.3) is 170 Å². The van der Waals surface area contributed by atoms with Crippen LogP contribution in [-0.4, -0.2) is 9.13 Å². The Kier molecular flexibility index (Phi) is 9.42. The third-order valence-electron chi connectivity index (χ3n) is 16.6. The van der Waals surface area contributed by atoms with E-state index in [0.717, 1.165) is 126 Å². The Balaban J connectivity index is 1.18. The molecule has 12 aromatic carbocycles. The van der Waals surface area contributed by atoms with Gasteiger partial charge in [-0.3, -0.25) is 0 Å². The average molecular weight is 1030 g/mol. The van der Waals surface area contributed by atoms with Crippen LogP contribution in [0.4, 0.5) is 5.69 Å². The van der Waals surface area contributed by atoms with Crippen molar-refractivity contribution in [2.75, 3.05) is 0 Å². The zero-order valence-corrected chi connectivity index (χ0v) is 43.1. The second kappa shape index (κ2) is 17.1. The first-order valence-electron chi connectivity index (χ1n) is 27.0. The van der Waals surface area contributed by atoms with Gasteiger partial charge in [0.2, 0.25) is 5.69 Å². The molecule has 7 nitrogen and oxygen atoms in total. The Labute approximate surface area is 462 Å². The summed E-state index contributed by atoms with van der Waals surface area (Å²) in [6.45, 7) is 9.69. The third-order valence-corrected chi connectivity index (χ3v) is 16.6. The lowest BCUT2D eigenvalue weighted by Gasteiger charge is -2.26. The van der Waals surface area contributed by atoms with Crippen LogP contribution in [-0.2, 0) is 0 Å². The Morgan fingerprint density at radius 3 is 1.17 bits per heavy atom. The summed E-state index contributed by atoms with van der Waals surface area (Å²) in [5, 5.41) is 22.0. The van der Waals surface area contributed by atoms with Crippen molar-refractivity contribution in [2.45, 2.75) is 0 Å². The molecule has 0 spiro atoms. The van der Waals surface area contributed by atoms with Gasteiger partial charge in [-0.05, 0) is 64.2 Å². The summed E-state index contributed by atoms with van der Waals surface area (Å²) in [5.74, 6) is 0. The predicted octanol–water partition coefficient (Wildman–Crippen LogP) is 20.7. The standard InChI is InChI=1S/C74H40N4O3/c1-76-65-63(44-22-7-3-8-23-44)59(42-75)67(77-66-51(47-27-12-11-26-46(47)43-20-5-2-6-21-43)31-19-32-52(66)53-36-39-56-48-28-13-16-33-60(48)79-72(56)68(53)77)64(45-24-9-4-10-25-45)71(65)78-69-54(37-40-57-49-29-14-17-34-61(49)80-73(57)69)55-38-41-58-50-30-15-18-35-62(50)81-74(58)70(55)78/h2-41H. The number of nitriles is 1. The van der Waals surface area contributed by atoms with Gasteiger partial charge in [-0.1, -0.05) is 206 Å². The zero-order valence-electron chi connectivity index (χ0n) is 43.1. The smallest absolute Gasteiger partial charge is 0.220 e. The summed E-state index contributed by atoms with van der Waals surface area (Å²) in [6.07, 6.45) is 0.